The number of hydrogen-bond donors (Lipinski definition) is 1. The minimum absolute atomic E-state index is 0.135. The van der Waals surface area contributed by atoms with E-state index in [4.69, 9.17) is 0 Å². The van der Waals surface area contributed by atoms with E-state index in [1.54, 1.807) is 6.07 Å². The number of nitrogens with one attached hydrogen (secondary N) is 1. The summed E-state index contributed by atoms with van der Waals surface area (Å²) in [5.41, 5.74) is 1.49. The Morgan fingerprint density at radius 3 is 2.60 bits per heavy atom. The predicted molar refractivity (Wildman–Crippen MR) is 118 cm³/mol. The van der Waals surface area contributed by atoms with Crippen molar-refractivity contribution in [3.63, 3.8) is 0 Å². The molecule has 7 nitrogen and oxygen atoms in total. The highest BCUT2D eigenvalue weighted by Gasteiger charge is 2.34. The lowest BCUT2D eigenvalue weighted by Gasteiger charge is -2.26. The van der Waals surface area contributed by atoms with Crippen molar-refractivity contribution in [2.45, 2.75) is 34.2 Å². The first-order valence-corrected chi connectivity index (χ1v) is 13.0. The quantitative estimate of drug-likeness (QED) is 0.709. The van der Waals surface area contributed by atoms with Gasteiger partial charge in [-0.1, -0.05) is 30.3 Å². The van der Waals surface area contributed by atoms with Gasteiger partial charge in [0.05, 0.1) is 21.7 Å². The van der Waals surface area contributed by atoms with E-state index in [1.165, 1.54) is 32.3 Å². The Bertz CT molecular complexity index is 1050. The molecule has 2 aliphatic heterocycles. The van der Waals surface area contributed by atoms with Gasteiger partial charge >= 0.3 is 0 Å². The highest BCUT2D eigenvalue weighted by atomic mass is 32.3. The number of carbonyl (C=O) groups excluding carboxylic acids is 2. The number of benzene rings is 1. The molecule has 0 saturated carbocycles. The number of sulfonamides is 1. The first-order valence-electron chi connectivity index (χ1n) is 9.78. The van der Waals surface area contributed by atoms with Crippen LogP contribution in [0.2, 0.25) is 0 Å². The average molecular weight is 466 g/mol. The third kappa shape index (κ3) is 4.27. The van der Waals surface area contributed by atoms with E-state index in [0.29, 0.717) is 18.8 Å². The number of anilines is 1. The van der Waals surface area contributed by atoms with Gasteiger partial charge in [0.15, 0.2) is 0 Å². The maximum atomic E-state index is 12.9. The van der Waals surface area contributed by atoms with E-state index in [9.17, 15) is 18.0 Å². The van der Waals surface area contributed by atoms with Gasteiger partial charge < -0.3 is 10.2 Å². The summed E-state index contributed by atoms with van der Waals surface area (Å²) in [4.78, 5) is 26.6. The van der Waals surface area contributed by atoms with Gasteiger partial charge in [0, 0.05) is 13.1 Å². The summed E-state index contributed by atoms with van der Waals surface area (Å²) in [6.07, 6.45) is 1.73. The Kier molecular flexibility index (Phi) is 6.19. The summed E-state index contributed by atoms with van der Waals surface area (Å²) < 4.78 is 28.3. The minimum atomic E-state index is -3.56. The lowest BCUT2D eigenvalue weighted by atomic mass is 10.1. The van der Waals surface area contributed by atoms with E-state index in [2.05, 4.69) is 5.32 Å². The molecule has 1 aromatic heterocycles. The first kappa shape index (κ1) is 21.4. The SMILES string of the molecule is CC(NC(=O)CN1C(=O)CSc2sc(S(=O)(=O)N3CCCC3)cc21)c1ccccc1. The molecular formula is C20H23N3O4S3. The van der Waals surface area contributed by atoms with Gasteiger partial charge in [0.2, 0.25) is 11.8 Å². The van der Waals surface area contributed by atoms with Gasteiger partial charge in [0.1, 0.15) is 10.8 Å². The number of nitrogens with zero attached hydrogens (tertiary/aromatic N) is 2. The van der Waals surface area contributed by atoms with E-state index in [0.717, 1.165) is 22.6 Å². The normalized spacial score (nSPS) is 18.3. The number of thioether (sulfide) groups is 1. The van der Waals surface area contributed by atoms with Crippen molar-refractivity contribution < 1.29 is 18.0 Å². The second-order valence-corrected chi connectivity index (χ2v) is 11.8. The molecule has 2 aromatic rings. The van der Waals surface area contributed by atoms with Crippen LogP contribution in [0.4, 0.5) is 5.69 Å². The summed E-state index contributed by atoms with van der Waals surface area (Å²) in [6.45, 7) is 2.81. The zero-order chi connectivity index (χ0) is 21.3. The lowest BCUT2D eigenvalue weighted by Crippen LogP contribution is -2.43. The Morgan fingerprint density at radius 1 is 1.20 bits per heavy atom. The molecule has 1 atom stereocenters. The Hall–Kier alpha value is -1.88. The van der Waals surface area contributed by atoms with Gasteiger partial charge in [-0.2, -0.15) is 4.31 Å². The summed E-state index contributed by atoms with van der Waals surface area (Å²) in [5, 5.41) is 2.91. The Morgan fingerprint density at radius 2 is 1.90 bits per heavy atom. The van der Waals surface area contributed by atoms with Crippen molar-refractivity contribution >= 4 is 50.6 Å². The van der Waals surface area contributed by atoms with Crippen LogP contribution in [-0.2, 0) is 19.6 Å². The topological polar surface area (TPSA) is 86.8 Å². The molecule has 1 N–H and O–H groups in total. The summed E-state index contributed by atoms with van der Waals surface area (Å²) in [7, 11) is -3.56. The van der Waals surface area contributed by atoms with Crippen LogP contribution in [0.5, 0.6) is 0 Å². The van der Waals surface area contributed by atoms with E-state index < -0.39 is 10.0 Å². The van der Waals surface area contributed by atoms with Crippen LogP contribution in [0, 0.1) is 0 Å². The molecule has 1 unspecified atom stereocenters. The van der Waals surface area contributed by atoms with Gasteiger partial charge in [-0.25, -0.2) is 8.42 Å². The van der Waals surface area contributed by atoms with Crippen molar-refractivity contribution in [1.29, 1.82) is 0 Å². The van der Waals surface area contributed by atoms with Crippen molar-refractivity contribution in [3.8, 4) is 0 Å². The van der Waals surface area contributed by atoms with Gasteiger partial charge in [-0.05, 0) is 31.4 Å². The van der Waals surface area contributed by atoms with Crippen molar-refractivity contribution in [3.05, 3.63) is 42.0 Å². The van der Waals surface area contributed by atoms with Gasteiger partial charge in [0.25, 0.3) is 10.0 Å². The third-order valence-corrected chi connectivity index (χ3v) is 9.95. The largest absolute Gasteiger partial charge is 0.348 e. The molecular weight excluding hydrogens is 442 g/mol. The predicted octanol–water partition coefficient (Wildman–Crippen LogP) is 2.85. The molecule has 10 heteroatoms. The fourth-order valence-corrected chi connectivity index (χ4v) is 8.02. The van der Waals surface area contributed by atoms with Crippen LogP contribution < -0.4 is 10.2 Å². The monoisotopic (exact) mass is 465 g/mol. The van der Waals surface area contributed by atoms with E-state index >= 15 is 0 Å². The molecule has 2 amide bonds. The van der Waals surface area contributed by atoms with Gasteiger partial charge in [-0.15, -0.1) is 23.1 Å². The second-order valence-electron chi connectivity index (χ2n) is 7.32. The Labute approximate surface area is 184 Å². The number of fused-ring (bicyclic) bond motifs is 1. The molecule has 3 heterocycles. The van der Waals surface area contributed by atoms with E-state index in [-0.39, 0.29) is 34.4 Å². The molecule has 4 rings (SSSR count). The Balaban J connectivity index is 1.52. The molecule has 30 heavy (non-hydrogen) atoms. The lowest BCUT2D eigenvalue weighted by molar-refractivity contribution is -0.123. The van der Waals surface area contributed by atoms with Crippen LogP contribution in [-0.4, -0.2) is 49.9 Å². The van der Waals surface area contributed by atoms with Crippen LogP contribution in [0.1, 0.15) is 31.4 Å². The molecule has 1 fully saturated rings. The zero-order valence-corrected chi connectivity index (χ0v) is 19.0. The summed E-state index contributed by atoms with van der Waals surface area (Å²) in [5.74, 6) is -0.288. The smallest absolute Gasteiger partial charge is 0.252 e. The number of thiophene rings is 1. The maximum Gasteiger partial charge on any atom is 0.252 e. The van der Waals surface area contributed by atoms with Crippen LogP contribution in [0.3, 0.4) is 0 Å². The van der Waals surface area contributed by atoms with Crippen molar-refractivity contribution in [2.75, 3.05) is 30.3 Å². The summed E-state index contributed by atoms with van der Waals surface area (Å²) in [6, 6.07) is 10.9. The highest BCUT2D eigenvalue weighted by Crippen LogP contribution is 2.44. The average Bonchev–Trinajstić information content (AvgIpc) is 3.41. The number of carbonyl (C=O) groups is 2. The number of amides is 2. The van der Waals surface area contributed by atoms with Crippen LogP contribution in [0.25, 0.3) is 0 Å². The molecule has 0 spiro atoms. The standard InChI is InChI=1S/C20H23N3O4S3/c1-14(15-7-3-2-4-8-15)21-17(24)12-23-16-11-19(29-20(16)28-13-18(23)25)30(26,27)22-9-5-6-10-22/h2-4,7-8,11,14H,5-6,9-10,12-13H2,1H3,(H,21,24). The zero-order valence-electron chi connectivity index (χ0n) is 16.5. The third-order valence-electron chi connectivity index (χ3n) is 5.21. The molecule has 0 aliphatic carbocycles. The highest BCUT2D eigenvalue weighted by molar-refractivity contribution is 8.02. The first-order chi connectivity index (χ1) is 14.4. The second kappa shape index (κ2) is 8.70. The minimum Gasteiger partial charge on any atom is -0.348 e. The van der Waals surface area contributed by atoms with Gasteiger partial charge in [-0.3, -0.25) is 9.59 Å². The van der Waals surface area contributed by atoms with Crippen LogP contribution >= 0.6 is 23.1 Å². The van der Waals surface area contributed by atoms with Crippen molar-refractivity contribution in [1.82, 2.24) is 9.62 Å². The number of hydrogen-bond acceptors (Lipinski definition) is 6. The molecule has 0 radical (unpaired) electrons. The molecule has 2 aliphatic rings. The maximum absolute atomic E-state index is 12.9. The fraction of sp³-hybridized carbons (Fsp3) is 0.400. The molecule has 0 bridgehead atoms. The van der Waals surface area contributed by atoms with Crippen molar-refractivity contribution in [2.24, 2.45) is 0 Å². The van der Waals surface area contributed by atoms with E-state index in [1.807, 2.05) is 37.3 Å². The molecule has 1 aromatic carbocycles. The summed E-state index contributed by atoms with van der Waals surface area (Å²) >= 11 is 2.51. The number of rotatable bonds is 6. The fourth-order valence-electron chi connectivity index (χ4n) is 3.59. The molecule has 1 saturated heterocycles. The molecule has 160 valence electrons. The van der Waals surface area contributed by atoms with Crippen LogP contribution in [0.15, 0.2) is 44.8 Å².